The average molecular weight is 985 g/mol. The maximum Gasteiger partial charge on any atom is 0.411 e. The molecule has 2 aromatic carbocycles. The number of aromatic nitrogens is 1. The number of carboxylic acid groups (broad SMARTS) is 1. The predicted octanol–water partition coefficient (Wildman–Crippen LogP) is 3.38. The largest absolute Gasteiger partial charge is 0.481 e. The fraction of sp³-hybridized carbons (Fsp3) is 0.469. The number of hydrogen-bond acceptors (Lipinski definition) is 16. The van der Waals surface area contributed by atoms with Gasteiger partial charge in [-0.05, 0) is 91.5 Å². The number of nitrogens with zero attached hydrogens (tertiary/aromatic N) is 1. The maximum atomic E-state index is 14.0. The number of ketones is 2. The number of carbonyl (C=O) groups is 7. The molecular formula is C49H56N6O14S. The van der Waals surface area contributed by atoms with Gasteiger partial charge in [0.25, 0.3) is 0 Å². The van der Waals surface area contributed by atoms with Crippen molar-refractivity contribution < 1.29 is 67.9 Å². The first kappa shape index (κ1) is 50.2. The molecule has 2 heterocycles. The van der Waals surface area contributed by atoms with Crippen LogP contribution in [0.5, 0.6) is 0 Å². The third-order valence-corrected chi connectivity index (χ3v) is 15.7. The van der Waals surface area contributed by atoms with Crippen molar-refractivity contribution >= 4 is 64.1 Å². The molecule has 21 heteroatoms. The molecule has 8 rings (SSSR count). The van der Waals surface area contributed by atoms with Gasteiger partial charge in [0, 0.05) is 47.2 Å². The molecule has 70 heavy (non-hydrogen) atoms. The molecule has 3 aromatic rings. The van der Waals surface area contributed by atoms with Gasteiger partial charge in [-0.1, -0.05) is 49.8 Å². The van der Waals surface area contributed by atoms with Crippen molar-refractivity contribution in [1.82, 2.24) is 15.6 Å². The van der Waals surface area contributed by atoms with Crippen molar-refractivity contribution in [2.24, 2.45) is 34.5 Å². The van der Waals surface area contributed by atoms with Crippen molar-refractivity contribution in [3.8, 4) is 0 Å². The highest BCUT2D eigenvalue weighted by Gasteiger charge is 2.76. The molecule has 372 valence electrons. The molecule has 10 atom stereocenters. The summed E-state index contributed by atoms with van der Waals surface area (Å²) in [6.07, 6.45) is 5.85. The predicted molar refractivity (Wildman–Crippen MR) is 249 cm³/mol. The molecule has 0 spiro atoms. The van der Waals surface area contributed by atoms with Gasteiger partial charge in [-0.2, -0.15) is 0 Å². The molecule has 1 aromatic heterocycles. The Balaban J connectivity index is 0.843. The number of hydrogen-bond donors (Lipinski definition) is 8. The van der Waals surface area contributed by atoms with E-state index < -0.39 is 103 Å². The van der Waals surface area contributed by atoms with E-state index in [1.54, 1.807) is 60.8 Å². The molecule has 0 unspecified atom stereocenters. The van der Waals surface area contributed by atoms with Gasteiger partial charge in [-0.3, -0.25) is 38.9 Å². The molecule has 5 aliphatic rings. The third kappa shape index (κ3) is 10.0. The Bertz CT molecular complexity index is 2600. The summed E-state index contributed by atoms with van der Waals surface area (Å²) in [5.74, 6) is 0.919. The molecule has 4 aliphatic carbocycles. The summed E-state index contributed by atoms with van der Waals surface area (Å²) in [6.45, 7) is 2.26. The number of thiazole rings is 1. The zero-order chi connectivity index (χ0) is 50.0. The number of nitrogens with two attached hydrogens (primary N) is 1. The van der Waals surface area contributed by atoms with Gasteiger partial charge in [-0.15, -0.1) is 11.3 Å². The fourth-order valence-corrected chi connectivity index (χ4v) is 12.5. The summed E-state index contributed by atoms with van der Waals surface area (Å²) in [6, 6.07) is 12.2. The second-order valence-electron chi connectivity index (χ2n) is 18.9. The lowest BCUT2D eigenvalue weighted by Crippen LogP contribution is -2.63. The van der Waals surface area contributed by atoms with Crippen LogP contribution >= 0.6 is 11.3 Å². The zero-order valence-electron chi connectivity index (χ0n) is 38.5. The van der Waals surface area contributed by atoms with E-state index in [0.717, 1.165) is 22.6 Å². The van der Waals surface area contributed by atoms with Crippen LogP contribution in [0.4, 0.5) is 16.2 Å². The van der Waals surface area contributed by atoms with Gasteiger partial charge in [0.05, 0.1) is 28.6 Å². The Morgan fingerprint density at radius 1 is 1.03 bits per heavy atom. The Morgan fingerprint density at radius 2 is 1.81 bits per heavy atom. The molecule has 0 radical (unpaired) electrons. The van der Waals surface area contributed by atoms with Gasteiger partial charge in [-0.25, -0.2) is 15.7 Å². The summed E-state index contributed by atoms with van der Waals surface area (Å²) in [5, 5.41) is 42.2. The second-order valence-corrected chi connectivity index (χ2v) is 20.0. The Morgan fingerprint density at radius 3 is 2.56 bits per heavy atom. The summed E-state index contributed by atoms with van der Waals surface area (Å²) in [7, 11) is 0. The summed E-state index contributed by atoms with van der Waals surface area (Å²) in [5.41, 5.74) is 0.449. The number of aliphatic hydroxyl groups is 2. The fourth-order valence-electron chi connectivity index (χ4n) is 11.6. The number of ether oxygens (including phenoxy) is 3. The number of amides is 4. The van der Waals surface area contributed by atoms with E-state index >= 15 is 0 Å². The summed E-state index contributed by atoms with van der Waals surface area (Å²) < 4.78 is 18.8. The Kier molecular flexibility index (Phi) is 14.8. The minimum atomic E-state index is -1.48. The lowest BCUT2D eigenvalue weighted by Gasteiger charge is -2.59. The highest BCUT2D eigenvalue weighted by Crippen LogP contribution is 2.70. The molecule has 1 saturated heterocycles. The zero-order valence-corrected chi connectivity index (χ0v) is 39.3. The monoisotopic (exact) mass is 984 g/mol. The molecule has 4 fully saturated rings. The SMILES string of the molecule is C[C@]12C=CC(=O)C=C1CC[C@@H]1[C@@H]2[C@@H](O)C[C@@]2(C)[C@H]1C[C@H]1O[C@@H](c3cnc(Cc4cccc(NC(=O)OCc5ccc(NC(=O)[C@H](CCC(=O)O)NC(=O)CNC(=O)CON)cc5)c4)s3)O[C@]12C(=O)CO. The number of rotatable bonds is 18. The molecule has 0 bridgehead atoms. The van der Waals surface area contributed by atoms with Crippen molar-refractivity contribution in [1.29, 1.82) is 0 Å². The van der Waals surface area contributed by atoms with Gasteiger partial charge in [0.2, 0.25) is 17.7 Å². The highest BCUT2D eigenvalue weighted by molar-refractivity contribution is 7.11. The number of aliphatic hydroxyl groups excluding tert-OH is 2. The van der Waals surface area contributed by atoms with Crippen LogP contribution in [0.1, 0.15) is 79.7 Å². The molecule has 20 nitrogen and oxygen atoms in total. The quantitative estimate of drug-likeness (QED) is 0.0848. The van der Waals surface area contributed by atoms with Crippen molar-refractivity contribution in [3.63, 3.8) is 0 Å². The maximum absolute atomic E-state index is 14.0. The normalized spacial score (nSPS) is 28.8. The van der Waals surface area contributed by atoms with Crippen molar-refractivity contribution in [2.75, 3.05) is 30.4 Å². The number of carbonyl (C=O) groups excluding carboxylic acids is 6. The van der Waals surface area contributed by atoms with Crippen LogP contribution in [0.15, 0.2) is 78.5 Å². The van der Waals surface area contributed by atoms with E-state index in [1.165, 1.54) is 11.3 Å². The Labute approximate surface area is 406 Å². The summed E-state index contributed by atoms with van der Waals surface area (Å²) >= 11 is 1.36. The number of carboxylic acids is 1. The van der Waals surface area contributed by atoms with Crippen LogP contribution in [-0.2, 0) is 60.8 Å². The highest BCUT2D eigenvalue weighted by atomic mass is 32.1. The van der Waals surface area contributed by atoms with Crippen LogP contribution in [0.3, 0.4) is 0 Å². The average Bonchev–Trinajstić information content (AvgIpc) is 4.02. The standard InChI is InChI=1S/C49H56N6O14S/c1-47-15-14-31(57)18-28(47)8-11-32-33-19-38-49(37(59)23-56,48(33,2)20-35(58)43(32)47)69-45(68-38)36-21-52-41(70-36)17-27-4-3-5-30(16-27)54-46(65)66-24-26-6-9-29(10-7-26)53-44(64)34(12-13-42(62)63)55-39(60)22-51-40(61)25-67-50/h3-7,9-10,14-16,18,21,32-35,38,43,45,56,58H,8,11-13,17,19-20,22-25,50H2,1-2H3,(H,51,61)(H,53,64)(H,54,65)(H,55,60)(H,62,63)/t32-,33-,34-,35-,38+,43+,45+,47-,48-,49+/m0/s1. The molecule has 1 aliphatic heterocycles. The number of fused-ring (bicyclic) bond motifs is 7. The molecular weight excluding hydrogens is 929 g/mol. The van der Waals surface area contributed by atoms with E-state index in [1.807, 2.05) is 19.1 Å². The van der Waals surface area contributed by atoms with Gasteiger partial charge >= 0.3 is 12.1 Å². The summed E-state index contributed by atoms with van der Waals surface area (Å²) in [4.78, 5) is 96.7. The van der Waals surface area contributed by atoms with Gasteiger partial charge in [0.1, 0.15) is 25.9 Å². The number of aliphatic carboxylic acids is 1. The van der Waals surface area contributed by atoms with E-state index in [-0.39, 0.29) is 43.0 Å². The number of Topliss-reactive ketones (excluding diaryl/α,β-unsaturated/α-hetero) is 1. The van der Waals surface area contributed by atoms with E-state index in [0.29, 0.717) is 41.1 Å². The lowest BCUT2D eigenvalue weighted by molar-refractivity contribution is -0.200. The number of benzene rings is 2. The Hall–Kier alpha value is -6.20. The number of anilines is 2. The van der Waals surface area contributed by atoms with Crippen molar-refractivity contribution in [2.45, 2.75) is 95.5 Å². The van der Waals surface area contributed by atoms with Gasteiger partial charge < -0.3 is 45.5 Å². The van der Waals surface area contributed by atoms with Crippen LogP contribution in [0.2, 0.25) is 0 Å². The lowest BCUT2D eigenvalue weighted by atomic mass is 9.46. The molecule has 3 saturated carbocycles. The van der Waals surface area contributed by atoms with E-state index in [4.69, 9.17) is 25.2 Å². The van der Waals surface area contributed by atoms with Crippen LogP contribution in [0.25, 0.3) is 0 Å². The second kappa shape index (κ2) is 20.6. The van der Waals surface area contributed by atoms with E-state index in [9.17, 15) is 43.8 Å². The third-order valence-electron chi connectivity index (χ3n) is 14.7. The minimum Gasteiger partial charge on any atom is -0.481 e. The van der Waals surface area contributed by atoms with Crippen LogP contribution in [0, 0.1) is 28.6 Å². The molecule has 4 amide bonds. The first-order chi connectivity index (χ1) is 33.5. The smallest absolute Gasteiger partial charge is 0.411 e. The minimum absolute atomic E-state index is 0.0350. The number of nitrogens with one attached hydrogen (secondary N) is 4. The topological polar surface area (TPSA) is 304 Å². The van der Waals surface area contributed by atoms with Crippen LogP contribution < -0.4 is 27.2 Å². The molecule has 9 N–H and O–H groups in total. The van der Waals surface area contributed by atoms with Crippen molar-refractivity contribution in [3.05, 3.63) is 99.5 Å². The first-order valence-electron chi connectivity index (χ1n) is 23.0. The van der Waals surface area contributed by atoms with Gasteiger partial charge in [0.15, 0.2) is 23.5 Å². The van der Waals surface area contributed by atoms with Crippen LogP contribution in [-0.4, -0.2) is 105 Å². The first-order valence-corrected chi connectivity index (χ1v) is 23.8. The van der Waals surface area contributed by atoms with E-state index in [2.05, 4.69) is 38.0 Å². The number of allylic oxidation sites excluding steroid dienone is 4.